The topological polar surface area (TPSA) is 98.4 Å². The number of furan rings is 1. The van der Waals surface area contributed by atoms with Crippen LogP contribution in [0.1, 0.15) is 43.4 Å². The average Bonchev–Trinajstić information content (AvgIpc) is 3.31. The van der Waals surface area contributed by atoms with Crippen LogP contribution in [0.2, 0.25) is 0 Å². The summed E-state index contributed by atoms with van der Waals surface area (Å²) in [6.07, 6.45) is 0.601. The van der Waals surface area contributed by atoms with Crippen molar-refractivity contribution < 1.29 is 33.3 Å². The maximum atomic E-state index is 13.0. The standard InChI is InChI=1S/C24H29NO7/c1-14(2)31-12-6-11-25-21(18-10-7-15(3)32-18)20(23(27)24(25)28)22(26)17-9-8-16(29-4)13-19(17)30-5/h7-10,13-14,21,26H,6,11-12H2,1-5H3/b22-20-. The predicted octanol–water partition coefficient (Wildman–Crippen LogP) is 3.84. The van der Waals surface area contributed by atoms with Gasteiger partial charge in [-0.1, -0.05) is 0 Å². The molecule has 32 heavy (non-hydrogen) atoms. The van der Waals surface area contributed by atoms with Crippen LogP contribution in [0.25, 0.3) is 5.76 Å². The van der Waals surface area contributed by atoms with Gasteiger partial charge in [0.15, 0.2) is 0 Å². The highest BCUT2D eigenvalue weighted by molar-refractivity contribution is 6.46. The van der Waals surface area contributed by atoms with Gasteiger partial charge >= 0.3 is 0 Å². The third-order valence-corrected chi connectivity index (χ3v) is 5.23. The molecule has 0 spiro atoms. The van der Waals surface area contributed by atoms with Crippen LogP contribution in [0.4, 0.5) is 0 Å². The van der Waals surface area contributed by atoms with Crippen molar-refractivity contribution in [1.29, 1.82) is 0 Å². The molecule has 2 heterocycles. The Hall–Kier alpha value is -3.26. The van der Waals surface area contributed by atoms with E-state index in [4.69, 9.17) is 18.6 Å². The van der Waals surface area contributed by atoms with Crippen LogP contribution in [0, 0.1) is 6.92 Å². The lowest BCUT2D eigenvalue weighted by atomic mass is 9.98. The number of nitrogens with zero attached hydrogens (tertiary/aromatic N) is 1. The molecule has 0 aliphatic carbocycles. The fourth-order valence-electron chi connectivity index (χ4n) is 3.70. The van der Waals surface area contributed by atoms with E-state index in [-0.39, 0.29) is 29.5 Å². The number of ketones is 1. The second-order valence-electron chi connectivity index (χ2n) is 7.78. The average molecular weight is 443 g/mol. The van der Waals surface area contributed by atoms with Gasteiger partial charge in [0.1, 0.15) is 34.8 Å². The molecule has 1 aliphatic rings. The molecule has 8 nitrogen and oxygen atoms in total. The third-order valence-electron chi connectivity index (χ3n) is 5.23. The van der Waals surface area contributed by atoms with Crippen LogP contribution in [-0.4, -0.2) is 55.2 Å². The Morgan fingerprint density at radius 1 is 1.16 bits per heavy atom. The second kappa shape index (κ2) is 9.91. The molecule has 1 aromatic carbocycles. The summed E-state index contributed by atoms with van der Waals surface area (Å²) in [4.78, 5) is 27.4. The molecule has 1 aliphatic heterocycles. The zero-order valence-corrected chi connectivity index (χ0v) is 19.0. The van der Waals surface area contributed by atoms with Crippen LogP contribution in [-0.2, 0) is 14.3 Å². The van der Waals surface area contributed by atoms with Gasteiger partial charge in [-0.2, -0.15) is 0 Å². The number of aryl methyl sites for hydroxylation is 1. The Balaban J connectivity index is 2.06. The molecule has 1 unspecified atom stereocenters. The molecule has 0 radical (unpaired) electrons. The molecule has 1 amide bonds. The Labute approximate surface area is 187 Å². The third kappa shape index (κ3) is 4.65. The number of carbonyl (C=O) groups is 2. The van der Waals surface area contributed by atoms with Crippen molar-refractivity contribution in [2.45, 2.75) is 39.3 Å². The number of rotatable bonds is 9. The quantitative estimate of drug-likeness (QED) is 0.272. The summed E-state index contributed by atoms with van der Waals surface area (Å²) < 4.78 is 21.9. The number of carbonyl (C=O) groups excluding carboxylic acids is 2. The number of benzene rings is 1. The van der Waals surface area contributed by atoms with E-state index in [1.807, 2.05) is 13.8 Å². The first-order valence-corrected chi connectivity index (χ1v) is 10.5. The van der Waals surface area contributed by atoms with Gasteiger partial charge in [-0.3, -0.25) is 9.59 Å². The van der Waals surface area contributed by atoms with Gasteiger partial charge in [0, 0.05) is 19.2 Å². The van der Waals surface area contributed by atoms with Crippen LogP contribution in [0.15, 0.2) is 40.3 Å². The number of amides is 1. The first-order chi connectivity index (χ1) is 15.3. The van der Waals surface area contributed by atoms with Gasteiger partial charge in [-0.05, 0) is 51.5 Å². The number of ether oxygens (including phenoxy) is 3. The van der Waals surface area contributed by atoms with Gasteiger partial charge in [-0.15, -0.1) is 0 Å². The summed E-state index contributed by atoms with van der Waals surface area (Å²) in [6, 6.07) is 7.44. The van der Waals surface area contributed by atoms with Gasteiger partial charge < -0.3 is 28.6 Å². The van der Waals surface area contributed by atoms with E-state index >= 15 is 0 Å². The summed E-state index contributed by atoms with van der Waals surface area (Å²) >= 11 is 0. The zero-order valence-electron chi connectivity index (χ0n) is 19.0. The molecule has 172 valence electrons. The molecule has 3 rings (SSSR count). The van der Waals surface area contributed by atoms with E-state index in [0.717, 1.165) is 0 Å². The fraction of sp³-hybridized carbons (Fsp3) is 0.417. The molecular formula is C24H29NO7. The lowest BCUT2D eigenvalue weighted by molar-refractivity contribution is -0.140. The van der Waals surface area contributed by atoms with E-state index in [2.05, 4.69) is 0 Å². The number of hydrogen-bond acceptors (Lipinski definition) is 7. The predicted molar refractivity (Wildman–Crippen MR) is 118 cm³/mol. The zero-order chi connectivity index (χ0) is 23.4. The molecule has 8 heteroatoms. The van der Waals surface area contributed by atoms with Crippen LogP contribution in [0.3, 0.4) is 0 Å². The molecule has 1 aromatic heterocycles. The van der Waals surface area contributed by atoms with Crippen LogP contribution < -0.4 is 9.47 Å². The fourth-order valence-corrected chi connectivity index (χ4v) is 3.70. The lowest BCUT2D eigenvalue weighted by Crippen LogP contribution is -2.31. The SMILES string of the molecule is COc1ccc(/C(O)=C2/C(=O)C(=O)N(CCCOC(C)C)C2c2ccc(C)o2)c(OC)c1. The number of Topliss-reactive ketones (excluding diaryl/α,β-unsaturated/α-hetero) is 1. The Kier molecular flexibility index (Phi) is 7.25. The van der Waals surface area contributed by atoms with Crippen molar-refractivity contribution in [2.75, 3.05) is 27.4 Å². The van der Waals surface area contributed by atoms with Crippen molar-refractivity contribution in [3.05, 3.63) is 53.0 Å². The number of hydrogen-bond donors (Lipinski definition) is 1. The van der Waals surface area contributed by atoms with E-state index in [9.17, 15) is 14.7 Å². The van der Waals surface area contributed by atoms with Gasteiger partial charge in [0.05, 0.1) is 31.5 Å². The highest BCUT2D eigenvalue weighted by Gasteiger charge is 2.47. The summed E-state index contributed by atoms with van der Waals surface area (Å²) in [5, 5.41) is 11.2. The van der Waals surface area contributed by atoms with Crippen LogP contribution >= 0.6 is 0 Å². The molecule has 1 N–H and O–H groups in total. The molecule has 0 saturated carbocycles. The van der Waals surface area contributed by atoms with Crippen molar-refractivity contribution in [2.24, 2.45) is 0 Å². The molecule has 0 bridgehead atoms. The van der Waals surface area contributed by atoms with Gasteiger partial charge in [0.2, 0.25) is 0 Å². The first kappa shape index (κ1) is 23.4. The second-order valence-corrected chi connectivity index (χ2v) is 7.78. The number of aliphatic hydroxyl groups is 1. The number of likely N-dealkylation sites (tertiary alicyclic amines) is 1. The minimum Gasteiger partial charge on any atom is -0.507 e. The summed E-state index contributed by atoms with van der Waals surface area (Å²) in [6.45, 7) is 6.36. The van der Waals surface area contributed by atoms with E-state index < -0.39 is 17.7 Å². The first-order valence-electron chi connectivity index (χ1n) is 10.5. The van der Waals surface area contributed by atoms with Crippen molar-refractivity contribution in [3.63, 3.8) is 0 Å². The van der Waals surface area contributed by atoms with Crippen molar-refractivity contribution >= 4 is 17.4 Å². The Morgan fingerprint density at radius 2 is 1.91 bits per heavy atom. The Morgan fingerprint density at radius 3 is 2.50 bits per heavy atom. The summed E-state index contributed by atoms with van der Waals surface area (Å²) in [7, 11) is 2.97. The maximum absolute atomic E-state index is 13.0. The number of methoxy groups -OCH3 is 2. The summed E-state index contributed by atoms with van der Waals surface area (Å²) in [5.41, 5.74) is 0.236. The molecule has 1 fully saturated rings. The Bertz CT molecular complexity index is 1020. The molecule has 1 saturated heterocycles. The minimum atomic E-state index is -0.852. The van der Waals surface area contributed by atoms with Crippen LogP contribution in [0.5, 0.6) is 11.5 Å². The maximum Gasteiger partial charge on any atom is 0.295 e. The molecule has 2 aromatic rings. The highest BCUT2D eigenvalue weighted by atomic mass is 16.5. The molecule has 1 atom stereocenters. The lowest BCUT2D eigenvalue weighted by Gasteiger charge is -2.23. The smallest absolute Gasteiger partial charge is 0.295 e. The van der Waals surface area contributed by atoms with Crippen molar-refractivity contribution in [1.82, 2.24) is 4.90 Å². The number of aliphatic hydroxyl groups excluding tert-OH is 1. The minimum absolute atomic E-state index is 0.0439. The monoisotopic (exact) mass is 443 g/mol. The normalized spacial score (nSPS) is 17.9. The largest absolute Gasteiger partial charge is 0.507 e. The van der Waals surface area contributed by atoms with E-state index in [0.29, 0.717) is 36.0 Å². The highest BCUT2D eigenvalue weighted by Crippen LogP contribution is 2.42. The van der Waals surface area contributed by atoms with E-state index in [1.165, 1.54) is 19.1 Å². The van der Waals surface area contributed by atoms with Gasteiger partial charge in [0.25, 0.3) is 11.7 Å². The summed E-state index contributed by atoms with van der Waals surface area (Å²) in [5.74, 6) is 0.0842. The molecular weight excluding hydrogens is 414 g/mol. The van der Waals surface area contributed by atoms with Gasteiger partial charge in [-0.25, -0.2) is 0 Å². The van der Waals surface area contributed by atoms with Crippen molar-refractivity contribution in [3.8, 4) is 11.5 Å². The van der Waals surface area contributed by atoms with E-state index in [1.54, 1.807) is 37.3 Å².